The average molecular weight is 485 g/mol. The van der Waals surface area contributed by atoms with Crippen LogP contribution in [0.15, 0.2) is 59.8 Å². The van der Waals surface area contributed by atoms with Gasteiger partial charge in [0.2, 0.25) is 0 Å². The summed E-state index contributed by atoms with van der Waals surface area (Å²) in [5.74, 6) is 0.755. The van der Waals surface area contributed by atoms with Crippen molar-refractivity contribution in [3.8, 4) is 17.0 Å². The summed E-state index contributed by atoms with van der Waals surface area (Å²) in [4.78, 5) is 19.9. The van der Waals surface area contributed by atoms with Gasteiger partial charge in [-0.1, -0.05) is 29.4 Å². The van der Waals surface area contributed by atoms with Crippen LogP contribution < -0.4 is 4.74 Å². The number of fused-ring (bicyclic) bond motifs is 2. The van der Waals surface area contributed by atoms with Crippen LogP contribution in [-0.2, 0) is 9.63 Å². The number of H-pyrrole nitrogens is 1. The summed E-state index contributed by atoms with van der Waals surface area (Å²) >= 11 is 0. The average Bonchev–Trinajstić information content (AvgIpc) is 3.30. The molecule has 1 amide bonds. The molecule has 0 spiro atoms. The summed E-state index contributed by atoms with van der Waals surface area (Å²) in [6, 6.07) is 18.8. The van der Waals surface area contributed by atoms with Crippen molar-refractivity contribution in [3.63, 3.8) is 0 Å². The molecular formula is C29H32N4O3. The number of piperidine rings is 1. The SMILES string of the molecule is CCON=Cc1ccc2[nH]nc(-c3ccc4cc(OCC(=O)N5[C@H](C)CCC[C@@H]5C)ccc4c3)c2c1. The number of aromatic nitrogens is 2. The number of carbonyl (C=O) groups is 1. The number of amides is 1. The van der Waals surface area contributed by atoms with Crippen molar-refractivity contribution in [2.45, 2.75) is 52.1 Å². The number of rotatable bonds is 7. The molecular weight excluding hydrogens is 452 g/mol. The maximum atomic E-state index is 12.8. The van der Waals surface area contributed by atoms with E-state index >= 15 is 0 Å². The van der Waals surface area contributed by atoms with Crippen LogP contribution in [0.1, 0.15) is 45.6 Å². The fraction of sp³-hybridized carbons (Fsp3) is 0.345. The van der Waals surface area contributed by atoms with Gasteiger partial charge in [0.25, 0.3) is 5.91 Å². The van der Waals surface area contributed by atoms with Gasteiger partial charge >= 0.3 is 0 Å². The zero-order valence-electron chi connectivity index (χ0n) is 21.0. The molecule has 0 saturated carbocycles. The monoisotopic (exact) mass is 484 g/mol. The fourth-order valence-electron chi connectivity index (χ4n) is 5.10. The molecule has 1 fully saturated rings. The van der Waals surface area contributed by atoms with E-state index in [-0.39, 0.29) is 24.6 Å². The Morgan fingerprint density at radius 3 is 2.67 bits per heavy atom. The number of hydrogen-bond donors (Lipinski definition) is 1. The molecule has 1 aliphatic heterocycles. The number of nitrogens with zero attached hydrogens (tertiary/aromatic N) is 3. The second-order valence-corrected chi connectivity index (χ2v) is 9.47. The minimum Gasteiger partial charge on any atom is -0.484 e. The van der Waals surface area contributed by atoms with E-state index in [1.54, 1.807) is 6.21 Å². The first-order valence-electron chi connectivity index (χ1n) is 12.6. The highest BCUT2D eigenvalue weighted by molar-refractivity contribution is 5.99. The molecule has 2 atom stereocenters. The molecule has 0 aliphatic carbocycles. The Morgan fingerprint density at radius 1 is 1.08 bits per heavy atom. The van der Waals surface area contributed by atoms with Crippen LogP contribution in [0.2, 0.25) is 0 Å². The number of hydrogen-bond acceptors (Lipinski definition) is 5. The van der Waals surface area contributed by atoms with E-state index < -0.39 is 0 Å². The lowest BCUT2D eigenvalue weighted by molar-refractivity contribution is -0.139. The Bertz CT molecular complexity index is 1400. The third-order valence-electron chi connectivity index (χ3n) is 6.92. The van der Waals surface area contributed by atoms with Crippen molar-refractivity contribution in [2.75, 3.05) is 13.2 Å². The lowest BCUT2D eigenvalue weighted by Gasteiger charge is -2.38. The molecule has 2 heterocycles. The van der Waals surface area contributed by atoms with Gasteiger partial charge in [0.15, 0.2) is 6.61 Å². The van der Waals surface area contributed by atoms with Crippen LogP contribution in [0, 0.1) is 0 Å². The maximum Gasteiger partial charge on any atom is 0.260 e. The van der Waals surface area contributed by atoms with Crippen molar-refractivity contribution in [1.29, 1.82) is 0 Å². The third kappa shape index (κ3) is 4.91. The quantitative estimate of drug-likeness (QED) is 0.261. The molecule has 3 aromatic carbocycles. The summed E-state index contributed by atoms with van der Waals surface area (Å²) in [6.45, 7) is 6.75. The van der Waals surface area contributed by atoms with Crippen LogP contribution >= 0.6 is 0 Å². The molecule has 1 N–H and O–H groups in total. The zero-order valence-corrected chi connectivity index (χ0v) is 21.0. The second-order valence-electron chi connectivity index (χ2n) is 9.47. The molecule has 0 unspecified atom stereocenters. The minimum atomic E-state index is 0.0567. The first-order chi connectivity index (χ1) is 17.5. The Morgan fingerprint density at radius 2 is 1.86 bits per heavy atom. The molecule has 36 heavy (non-hydrogen) atoms. The van der Waals surface area contributed by atoms with E-state index in [4.69, 9.17) is 9.57 Å². The number of carbonyl (C=O) groups excluding carboxylic acids is 1. The number of aromatic amines is 1. The fourth-order valence-corrected chi connectivity index (χ4v) is 5.10. The van der Waals surface area contributed by atoms with Gasteiger partial charge in [-0.05, 0) is 86.7 Å². The summed E-state index contributed by atoms with van der Waals surface area (Å²) in [5.41, 5.74) is 3.81. The van der Waals surface area contributed by atoms with E-state index in [9.17, 15) is 4.79 Å². The van der Waals surface area contributed by atoms with Gasteiger partial charge in [0.1, 0.15) is 12.4 Å². The molecule has 4 aromatic rings. The topological polar surface area (TPSA) is 79.8 Å². The number of nitrogens with one attached hydrogen (secondary N) is 1. The van der Waals surface area contributed by atoms with Crippen molar-refractivity contribution in [2.24, 2.45) is 5.16 Å². The zero-order chi connectivity index (χ0) is 25.1. The molecule has 1 aromatic heterocycles. The molecule has 1 aliphatic rings. The largest absolute Gasteiger partial charge is 0.484 e. The van der Waals surface area contributed by atoms with Crippen LogP contribution in [0.5, 0.6) is 5.75 Å². The Hall–Kier alpha value is -3.87. The first-order valence-corrected chi connectivity index (χ1v) is 12.6. The lowest BCUT2D eigenvalue weighted by Crippen LogP contribution is -2.49. The van der Waals surface area contributed by atoms with Crippen molar-refractivity contribution in [1.82, 2.24) is 15.1 Å². The standard InChI is InChI=1S/C29H32N4O3/c1-4-36-30-17-21-8-13-27-26(14-21)29(32-31-27)24-10-9-23-16-25(12-11-22(23)15-24)35-18-28(34)33-19(2)6-5-7-20(33)3/h8-17,19-20H,4-7,18H2,1-3H3,(H,31,32)/t19-,20+. The molecule has 186 valence electrons. The molecule has 7 nitrogen and oxygen atoms in total. The van der Waals surface area contributed by atoms with Crippen molar-refractivity contribution in [3.05, 3.63) is 60.2 Å². The van der Waals surface area contributed by atoms with Gasteiger partial charge in [-0.15, -0.1) is 0 Å². The predicted octanol–water partition coefficient (Wildman–Crippen LogP) is 5.92. The molecule has 1 saturated heterocycles. The summed E-state index contributed by atoms with van der Waals surface area (Å²) in [7, 11) is 0. The highest BCUT2D eigenvalue weighted by Gasteiger charge is 2.29. The molecule has 7 heteroatoms. The second kappa shape index (κ2) is 10.4. The van der Waals surface area contributed by atoms with Crippen LogP contribution in [0.3, 0.4) is 0 Å². The molecule has 5 rings (SSSR count). The molecule has 0 bridgehead atoms. The van der Waals surface area contributed by atoms with Gasteiger partial charge in [-0.2, -0.15) is 5.10 Å². The Labute approximate surface area is 211 Å². The third-order valence-corrected chi connectivity index (χ3v) is 6.92. The van der Waals surface area contributed by atoms with Gasteiger partial charge in [0, 0.05) is 23.0 Å². The Balaban J connectivity index is 1.34. The van der Waals surface area contributed by atoms with E-state index in [0.717, 1.165) is 51.3 Å². The normalized spacial score (nSPS) is 18.2. The van der Waals surface area contributed by atoms with Gasteiger partial charge in [0.05, 0.1) is 17.4 Å². The summed E-state index contributed by atoms with van der Waals surface area (Å²) < 4.78 is 5.91. The minimum absolute atomic E-state index is 0.0567. The highest BCUT2D eigenvalue weighted by atomic mass is 16.6. The Kier molecular flexibility index (Phi) is 6.89. The van der Waals surface area contributed by atoms with Crippen LogP contribution in [0.25, 0.3) is 32.9 Å². The van der Waals surface area contributed by atoms with E-state index in [1.165, 1.54) is 6.42 Å². The number of oxime groups is 1. The van der Waals surface area contributed by atoms with Crippen molar-refractivity contribution < 1.29 is 14.4 Å². The smallest absolute Gasteiger partial charge is 0.260 e. The summed E-state index contributed by atoms with van der Waals surface area (Å²) in [6.07, 6.45) is 5.00. The summed E-state index contributed by atoms with van der Waals surface area (Å²) in [5, 5.41) is 14.8. The van der Waals surface area contributed by atoms with Crippen LogP contribution in [-0.4, -0.2) is 52.5 Å². The number of ether oxygens (including phenoxy) is 1. The van der Waals surface area contributed by atoms with E-state index in [1.807, 2.05) is 42.2 Å². The van der Waals surface area contributed by atoms with E-state index in [0.29, 0.717) is 12.4 Å². The van der Waals surface area contributed by atoms with Crippen LogP contribution in [0.4, 0.5) is 0 Å². The first kappa shape index (κ1) is 23.9. The van der Waals surface area contributed by atoms with Gasteiger partial charge in [-0.25, -0.2) is 0 Å². The highest BCUT2D eigenvalue weighted by Crippen LogP contribution is 2.31. The maximum absolute atomic E-state index is 12.8. The van der Waals surface area contributed by atoms with E-state index in [2.05, 4.69) is 53.5 Å². The van der Waals surface area contributed by atoms with Gasteiger partial charge < -0.3 is 14.5 Å². The predicted molar refractivity (Wildman–Crippen MR) is 143 cm³/mol. The number of benzene rings is 3. The molecule has 0 radical (unpaired) electrons. The van der Waals surface area contributed by atoms with Crippen molar-refractivity contribution >= 4 is 33.8 Å². The van der Waals surface area contributed by atoms with Gasteiger partial charge in [-0.3, -0.25) is 9.89 Å². The lowest BCUT2D eigenvalue weighted by atomic mass is 9.97. The number of likely N-dealkylation sites (tertiary alicyclic amines) is 1.